The van der Waals surface area contributed by atoms with E-state index in [-0.39, 0.29) is 5.97 Å². The quantitative estimate of drug-likeness (QED) is 0.564. The summed E-state index contributed by atoms with van der Waals surface area (Å²) in [6, 6.07) is 7.76. The fraction of sp³-hybridized carbons (Fsp3) is 0.308. The van der Waals surface area contributed by atoms with Gasteiger partial charge in [-0.2, -0.15) is 0 Å². The Labute approximate surface area is 95.7 Å². The third kappa shape index (κ3) is 3.87. The Morgan fingerprint density at radius 3 is 2.81 bits per heavy atom. The van der Waals surface area contributed by atoms with Gasteiger partial charge < -0.3 is 9.47 Å². The number of carbonyl (C=O) groups excluding carboxylic acids is 1. The maximum atomic E-state index is 11.1. The van der Waals surface area contributed by atoms with Gasteiger partial charge in [0.15, 0.2) is 0 Å². The summed E-state index contributed by atoms with van der Waals surface area (Å²) in [5.74, 6) is -0.324. The van der Waals surface area contributed by atoms with Crippen LogP contribution in [0.4, 0.5) is 0 Å². The number of carbonyl (C=O) groups is 1. The van der Waals surface area contributed by atoms with Crippen LogP contribution in [0.5, 0.6) is 0 Å². The highest BCUT2D eigenvalue weighted by atomic mass is 16.5. The van der Waals surface area contributed by atoms with Gasteiger partial charge in [0.05, 0.1) is 13.2 Å². The predicted molar refractivity (Wildman–Crippen MR) is 62.8 cm³/mol. The summed E-state index contributed by atoms with van der Waals surface area (Å²) < 4.78 is 9.88. The monoisotopic (exact) mass is 220 g/mol. The van der Waals surface area contributed by atoms with E-state index in [0.29, 0.717) is 13.2 Å². The van der Waals surface area contributed by atoms with E-state index in [9.17, 15) is 4.79 Å². The number of hydrogen-bond donors (Lipinski definition) is 0. The molecule has 0 aliphatic carbocycles. The van der Waals surface area contributed by atoms with Crippen LogP contribution in [0.15, 0.2) is 30.3 Å². The van der Waals surface area contributed by atoms with Crippen LogP contribution in [-0.4, -0.2) is 19.7 Å². The highest BCUT2D eigenvalue weighted by Gasteiger charge is 1.99. The van der Waals surface area contributed by atoms with Crippen LogP contribution in [-0.2, 0) is 20.9 Å². The Hall–Kier alpha value is -1.61. The molecule has 0 aliphatic heterocycles. The van der Waals surface area contributed by atoms with Crippen LogP contribution >= 0.6 is 0 Å². The number of methoxy groups -OCH3 is 1. The van der Waals surface area contributed by atoms with Gasteiger partial charge in [-0.25, -0.2) is 4.79 Å². The molecule has 0 unspecified atom stereocenters. The van der Waals surface area contributed by atoms with Crippen LogP contribution in [0.3, 0.4) is 0 Å². The molecule has 0 atom stereocenters. The van der Waals surface area contributed by atoms with Gasteiger partial charge in [0.2, 0.25) is 0 Å². The summed E-state index contributed by atoms with van der Waals surface area (Å²) in [6.45, 7) is 2.71. The second-order valence-electron chi connectivity index (χ2n) is 3.22. The lowest BCUT2D eigenvalue weighted by Crippen LogP contribution is -1.99. The number of ether oxygens (including phenoxy) is 2. The lowest BCUT2D eigenvalue weighted by molar-refractivity contribution is -0.137. The first-order valence-electron chi connectivity index (χ1n) is 5.19. The molecule has 0 aromatic heterocycles. The predicted octanol–water partition coefficient (Wildman–Crippen LogP) is 2.41. The Morgan fingerprint density at radius 2 is 2.12 bits per heavy atom. The third-order valence-electron chi connectivity index (χ3n) is 2.04. The summed E-state index contributed by atoms with van der Waals surface area (Å²) in [5.41, 5.74) is 2.02. The molecular weight excluding hydrogens is 204 g/mol. The summed E-state index contributed by atoms with van der Waals surface area (Å²) in [5, 5.41) is 0. The van der Waals surface area contributed by atoms with E-state index in [1.165, 1.54) is 6.08 Å². The van der Waals surface area contributed by atoms with Gasteiger partial charge in [0.1, 0.15) is 0 Å². The molecule has 0 spiro atoms. The first-order valence-corrected chi connectivity index (χ1v) is 5.19. The van der Waals surface area contributed by atoms with Gasteiger partial charge in [-0.05, 0) is 24.1 Å². The molecule has 0 aliphatic rings. The zero-order chi connectivity index (χ0) is 11.8. The molecule has 0 heterocycles. The summed E-state index contributed by atoms with van der Waals surface area (Å²) in [6.07, 6.45) is 3.17. The van der Waals surface area contributed by atoms with Crippen molar-refractivity contribution in [2.45, 2.75) is 13.5 Å². The SMILES string of the molecule is CCOC(=O)C=Cc1ccccc1COC. The highest BCUT2D eigenvalue weighted by molar-refractivity contribution is 5.87. The lowest BCUT2D eigenvalue weighted by atomic mass is 10.1. The van der Waals surface area contributed by atoms with Gasteiger partial charge in [0.25, 0.3) is 0 Å². The van der Waals surface area contributed by atoms with E-state index in [4.69, 9.17) is 9.47 Å². The summed E-state index contributed by atoms with van der Waals surface area (Å²) in [7, 11) is 1.64. The van der Waals surface area contributed by atoms with Crippen molar-refractivity contribution in [1.82, 2.24) is 0 Å². The van der Waals surface area contributed by atoms with Gasteiger partial charge in [-0.15, -0.1) is 0 Å². The first-order chi connectivity index (χ1) is 7.77. The zero-order valence-corrected chi connectivity index (χ0v) is 9.60. The van der Waals surface area contributed by atoms with Crippen molar-refractivity contribution in [3.05, 3.63) is 41.5 Å². The molecule has 0 saturated carbocycles. The highest BCUT2D eigenvalue weighted by Crippen LogP contribution is 2.11. The number of esters is 1. The van der Waals surface area contributed by atoms with Crippen molar-refractivity contribution in [1.29, 1.82) is 0 Å². The van der Waals surface area contributed by atoms with Crippen LogP contribution < -0.4 is 0 Å². The molecule has 0 N–H and O–H groups in total. The average Bonchev–Trinajstić information content (AvgIpc) is 2.29. The van der Waals surface area contributed by atoms with Gasteiger partial charge in [-0.1, -0.05) is 24.3 Å². The fourth-order valence-electron chi connectivity index (χ4n) is 1.33. The Bertz CT molecular complexity index is 369. The molecule has 0 saturated heterocycles. The third-order valence-corrected chi connectivity index (χ3v) is 2.04. The molecule has 16 heavy (non-hydrogen) atoms. The van der Waals surface area contributed by atoms with Gasteiger partial charge in [0, 0.05) is 13.2 Å². The standard InChI is InChI=1S/C13H16O3/c1-3-16-13(14)9-8-11-6-4-5-7-12(11)10-15-2/h4-9H,3,10H2,1-2H3. The van der Waals surface area contributed by atoms with Crippen molar-refractivity contribution in [3.63, 3.8) is 0 Å². The zero-order valence-electron chi connectivity index (χ0n) is 9.60. The minimum Gasteiger partial charge on any atom is -0.463 e. The Morgan fingerprint density at radius 1 is 1.38 bits per heavy atom. The van der Waals surface area contributed by atoms with E-state index in [0.717, 1.165) is 11.1 Å². The molecule has 0 radical (unpaired) electrons. The topological polar surface area (TPSA) is 35.5 Å². The number of hydrogen-bond acceptors (Lipinski definition) is 3. The molecular formula is C13H16O3. The Balaban J connectivity index is 2.75. The first kappa shape index (κ1) is 12.5. The minimum absolute atomic E-state index is 0.324. The molecule has 0 fully saturated rings. The van der Waals surface area contributed by atoms with Crippen molar-refractivity contribution in [2.24, 2.45) is 0 Å². The van der Waals surface area contributed by atoms with Gasteiger partial charge >= 0.3 is 5.97 Å². The van der Waals surface area contributed by atoms with Crippen molar-refractivity contribution >= 4 is 12.0 Å². The maximum absolute atomic E-state index is 11.1. The van der Waals surface area contributed by atoms with Crippen molar-refractivity contribution in [3.8, 4) is 0 Å². The van der Waals surface area contributed by atoms with Crippen LogP contribution in [0, 0.1) is 0 Å². The fourth-order valence-corrected chi connectivity index (χ4v) is 1.33. The number of rotatable bonds is 5. The summed E-state index contributed by atoms with van der Waals surface area (Å²) >= 11 is 0. The van der Waals surface area contributed by atoms with Crippen molar-refractivity contribution < 1.29 is 14.3 Å². The Kier molecular flexibility index (Phi) is 5.29. The van der Waals surface area contributed by atoms with E-state index in [2.05, 4.69) is 0 Å². The largest absolute Gasteiger partial charge is 0.463 e. The van der Waals surface area contributed by atoms with Crippen molar-refractivity contribution in [2.75, 3.05) is 13.7 Å². The average molecular weight is 220 g/mol. The summed E-state index contributed by atoms with van der Waals surface area (Å²) in [4.78, 5) is 11.1. The molecule has 1 aromatic carbocycles. The normalized spacial score (nSPS) is 10.6. The minimum atomic E-state index is -0.324. The smallest absolute Gasteiger partial charge is 0.330 e. The van der Waals surface area contributed by atoms with E-state index < -0.39 is 0 Å². The second-order valence-corrected chi connectivity index (χ2v) is 3.22. The molecule has 1 aromatic rings. The van der Waals surface area contributed by atoms with Gasteiger partial charge in [-0.3, -0.25) is 0 Å². The number of benzene rings is 1. The molecule has 3 heteroatoms. The molecule has 3 nitrogen and oxygen atoms in total. The van der Waals surface area contributed by atoms with E-state index in [1.807, 2.05) is 24.3 Å². The van der Waals surface area contributed by atoms with E-state index in [1.54, 1.807) is 20.1 Å². The van der Waals surface area contributed by atoms with E-state index >= 15 is 0 Å². The maximum Gasteiger partial charge on any atom is 0.330 e. The lowest BCUT2D eigenvalue weighted by Gasteiger charge is -2.03. The molecule has 1 rings (SSSR count). The molecule has 0 amide bonds. The van der Waals surface area contributed by atoms with Crippen LogP contribution in [0.1, 0.15) is 18.1 Å². The van der Waals surface area contributed by atoms with Crippen LogP contribution in [0.2, 0.25) is 0 Å². The molecule has 0 bridgehead atoms. The van der Waals surface area contributed by atoms with Crippen LogP contribution in [0.25, 0.3) is 6.08 Å². The molecule has 86 valence electrons. The second kappa shape index (κ2) is 6.80.